The second-order valence-electron chi connectivity index (χ2n) is 12.7. The van der Waals surface area contributed by atoms with Crippen LogP contribution in [-0.4, -0.2) is 29.9 Å². The highest BCUT2D eigenvalue weighted by molar-refractivity contribution is 7.99. The lowest BCUT2D eigenvalue weighted by Gasteiger charge is -2.13. The van der Waals surface area contributed by atoms with Crippen LogP contribution in [0.15, 0.2) is 209 Å². The van der Waals surface area contributed by atoms with E-state index in [4.69, 9.17) is 11.1 Å². The molecule has 0 aliphatic carbocycles. The van der Waals surface area contributed by atoms with Crippen molar-refractivity contribution in [1.82, 2.24) is 4.90 Å². The molecule has 0 radical (unpaired) electrons. The highest BCUT2D eigenvalue weighted by Crippen LogP contribution is 2.32. The molecule has 5 aromatic carbocycles. The smallest absolute Gasteiger partial charge is 0.0647 e. The Kier molecular flexibility index (Phi) is 12.2. The molecular formula is C47H43N5S. The molecule has 0 atom stereocenters. The lowest BCUT2D eigenvalue weighted by molar-refractivity contribution is 0.624. The molecule has 0 saturated heterocycles. The number of rotatable bonds is 9. The number of benzene rings is 5. The van der Waals surface area contributed by atoms with Crippen LogP contribution in [0.3, 0.4) is 0 Å². The second kappa shape index (κ2) is 17.7. The quantitative estimate of drug-likeness (QED) is 0.133. The molecule has 4 N–H and O–H groups in total. The van der Waals surface area contributed by atoms with Gasteiger partial charge in [-0.05, 0) is 107 Å². The molecule has 0 fully saturated rings. The van der Waals surface area contributed by atoms with Gasteiger partial charge in [-0.3, -0.25) is 4.99 Å². The zero-order chi connectivity index (χ0) is 37.0. The standard InChI is InChI=1S/C38H31N3S.C9H12N2/c1-27-8-5-6-12-38(27)42-34-23-21-29(22-24-34)28-13-15-30(16-14-28)35(39)26-37(41-33-9-3-2-4-10-33)32-19-17-31(18-20-32)36-11-7-25-40-36;1-8-3-5-11(2)6-4-9(10)7-8/h2-24,26,39,41H,25H2,1H3;3-7H,1,10H2,2H3/b37-26-,39-35?;5-3-,6-4-,9-7+. The topological polar surface area (TPSA) is 77.5 Å². The predicted molar refractivity (Wildman–Crippen MR) is 226 cm³/mol. The van der Waals surface area contributed by atoms with Crippen LogP contribution in [0, 0.1) is 12.3 Å². The van der Waals surface area contributed by atoms with Crippen molar-refractivity contribution in [1.29, 1.82) is 5.41 Å². The summed E-state index contributed by atoms with van der Waals surface area (Å²) in [6.45, 7) is 6.68. The Morgan fingerprint density at radius 1 is 0.774 bits per heavy atom. The van der Waals surface area contributed by atoms with Crippen LogP contribution in [-0.2, 0) is 0 Å². The van der Waals surface area contributed by atoms with E-state index in [0.29, 0.717) is 5.71 Å². The van der Waals surface area contributed by atoms with Crippen molar-refractivity contribution in [3.8, 4) is 11.1 Å². The van der Waals surface area contributed by atoms with Gasteiger partial charge in [0.2, 0.25) is 0 Å². The Hall–Kier alpha value is -6.37. The van der Waals surface area contributed by atoms with E-state index in [-0.39, 0.29) is 0 Å². The number of allylic oxidation sites excluding steroid dienone is 6. The zero-order valence-electron chi connectivity index (χ0n) is 30.0. The molecule has 2 aliphatic heterocycles. The summed E-state index contributed by atoms with van der Waals surface area (Å²) in [6, 6.07) is 43.8. The minimum absolute atomic E-state index is 0.442. The van der Waals surface area contributed by atoms with Gasteiger partial charge in [0.1, 0.15) is 0 Å². The van der Waals surface area contributed by atoms with E-state index in [0.717, 1.165) is 62.7 Å². The highest BCUT2D eigenvalue weighted by Gasteiger charge is 2.10. The highest BCUT2D eigenvalue weighted by atomic mass is 32.2. The number of anilines is 1. The maximum atomic E-state index is 8.93. The van der Waals surface area contributed by atoms with E-state index in [9.17, 15) is 0 Å². The Morgan fingerprint density at radius 2 is 1.40 bits per heavy atom. The van der Waals surface area contributed by atoms with E-state index in [1.165, 1.54) is 15.4 Å². The molecule has 2 heterocycles. The summed E-state index contributed by atoms with van der Waals surface area (Å²) in [4.78, 5) is 8.95. The van der Waals surface area contributed by atoms with Crippen LogP contribution in [0.25, 0.3) is 16.8 Å². The normalized spacial score (nSPS) is 15.9. The number of para-hydroxylation sites is 1. The fourth-order valence-corrected chi connectivity index (χ4v) is 6.51. The van der Waals surface area contributed by atoms with Gasteiger partial charge in [-0.25, -0.2) is 0 Å². The number of aliphatic imine (C=N–C) groups is 1. The second-order valence-corrected chi connectivity index (χ2v) is 13.8. The summed E-state index contributed by atoms with van der Waals surface area (Å²) < 4.78 is 0. The van der Waals surface area contributed by atoms with Gasteiger partial charge in [-0.1, -0.05) is 121 Å². The molecule has 262 valence electrons. The molecule has 0 saturated carbocycles. The van der Waals surface area contributed by atoms with Crippen LogP contribution in [0.1, 0.15) is 22.3 Å². The molecule has 53 heavy (non-hydrogen) atoms. The molecule has 5 aromatic rings. The molecule has 0 aromatic heterocycles. The SMILES string of the molecule is C=C1/C=C\N(C)/C=C\C(N)=C/1.Cc1ccccc1Sc1ccc(-c2ccc(C(=N)/C=C(\Nc3ccccc3)c3ccc(C4=NCC=C4)cc3)cc2)cc1. The molecule has 0 amide bonds. The van der Waals surface area contributed by atoms with Gasteiger partial charge in [0.05, 0.1) is 18.0 Å². The number of hydrogen-bond donors (Lipinski definition) is 3. The van der Waals surface area contributed by atoms with E-state index in [1.807, 2.05) is 91.1 Å². The van der Waals surface area contributed by atoms with E-state index in [2.05, 4.69) is 121 Å². The van der Waals surface area contributed by atoms with Crippen LogP contribution < -0.4 is 11.1 Å². The number of nitrogens with two attached hydrogens (primary N) is 1. The van der Waals surface area contributed by atoms with Crippen LogP contribution in [0.4, 0.5) is 5.69 Å². The van der Waals surface area contributed by atoms with Gasteiger partial charge >= 0.3 is 0 Å². The third-order valence-electron chi connectivity index (χ3n) is 8.56. The van der Waals surface area contributed by atoms with Gasteiger partial charge in [-0.15, -0.1) is 0 Å². The van der Waals surface area contributed by atoms with Gasteiger partial charge in [-0.2, -0.15) is 0 Å². The maximum Gasteiger partial charge on any atom is 0.0647 e. The van der Waals surface area contributed by atoms with Crippen LogP contribution in [0.2, 0.25) is 0 Å². The zero-order valence-corrected chi connectivity index (χ0v) is 30.9. The Morgan fingerprint density at radius 3 is 2.08 bits per heavy atom. The number of aryl methyl sites for hydroxylation is 1. The first-order valence-electron chi connectivity index (χ1n) is 17.4. The Labute approximate surface area is 317 Å². The summed E-state index contributed by atoms with van der Waals surface area (Å²) in [7, 11) is 1.94. The molecule has 5 nitrogen and oxygen atoms in total. The van der Waals surface area contributed by atoms with E-state index < -0.39 is 0 Å². The molecule has 0 spiro atoms. The van der Waals surface area contributed by atoms with Crippen LogP contribution >= 0.6 is 11.8 Å². The van der Waals surface area contributed by atoms with Crippen molar-refractivity contribution in [2.24, 2.45) is 10.7 Å². The maximum absolute atomic E-state index is 8.93. The Balaban J connectivity index is 0.000000376. The Bertz CT molecular complexity index is 2240. The van der Waals surface area contributed by atoms with Crippen LogP contribution in [0.5, 0.6) is 0 Å². The van der Waals surface area contributed by atoms with E-state index >= 15 is 0 Å². The minimum Gasteiger partial charge on any atom is -0.399 e. The summed E-state index contributed by atoms with van der Waals surface area (Å²) in [5.74, 6) is 0. The van der Waals surface area contributed by atoms with Gasteiger partial charge in [0.15, 0.2) is 0 Å². The lowest BCUT2D eigenvalue weighted by Crippen LogP contribution is -2.04. The molecule has 0 unspecified atom stereocenters. The predicted octanol–water partition coefficient (Wildman–Crippen LogP) is 11.1. The van der Waals surface area contributed by atoms with Crippen molar-refractivity contribution in [3.63, 3.8) is 0 Å². The third kappa shape index (κ3) is 10.3. The summed E-state index contributed by atoms with van der Waals surface area (Å²) in [5, 5.41) is 12.5. The monoisotopic (exact) mass is 709 g/mol. The van der Waals surface area contributed by atoms with Crippen molar-refractivity contribution in [2.75, 3.05) is 18.9 Å². The van der Waals surface area contributed by atoms with Crippen molar-refractivity contribution < 1.29 is 0 Å². The average Bonchev–Trinajstić information content (AvgIpc) is 3.73. The van der Waals surface area contributed by atoms with Gasteiger partial charge < -0.3 is 21.4 Å². The summed E-state index contributed by atoms with van der Waals surface area (Å²) >= 11 is 1.79. The molecular weight excluding hydrogens is 667 g/mol. The fourth-order valence-electron chi connectivity index (χ4n) is 5.60. The minimum atomic E-state index is 0.442. The summed E-state index contributed by atoms with van der Waals surface area (Å²) in [5.41, 5.74) is 17.1. The average molecular weight is 710 g/mol. The first-order chi connectivity index (χ1) is 25.8. The van der Waals surface area contributed by atoms with Crippen molar-refractivity contribution in [2.45, 2.75) is 16.7 Å². The van der Waals surface area contributed by atoms with Gasteiger partial charge in [0, 0.05) is 46.3 Å². The lowest BCUT2D eigenvalue weighted by atomic mass is 10.0. The molecule has 2 aliphatic rings. The number of hydrogen-bond acceptors (Lipinski definition) is 6. The first-order valence-corrected chi connectivity index (χ1v) is 18.3. The largest absolute Gasteiger partial charge is 0.399 e. The fraction of sp³-hybridized carbons (Fsp3) is 0.0638. The van der Waals surface area contributed by atoms with E-state index in [1.54, 1.807) is 11.8 Å². The molecule has 6 heteroatoms. The first kappa shape index (κ1) is 36.4. The molecule has 0 bridgehead atoms. The summed E-state index contributed by atoms with van der Waals surface area (Å²) in [6.07, 6.45) is 15.5. The molecule has 7 rings (SSSR count). The van der Waals surface area contributed by atoms with Gasteiger partial charge in [0.25, 0.3) is 0 Å². The van der Waals surface area contributed by atoms with Crippen molar-refractivity contribution in [3.05, 3.63) is 216 Å². The van der Waals surface area contributed by atoms with Crippen molar-refractivity contribution >= 4 is 34.6 Å². The third-order valence-corrected chi connectivity index (χ3v) is 9.74. The number of nitrogens with zero attached hydrogens (tertiary/aromatic N) is 2. The number of nitrogens with one attached hydrogen (secondary N) is 2.